The highest BCUT2D eigenvalue weighted by Crippen LogP contribution is 2.17. The number of nitrogens with one attached hydrogen (secondary N) is 2. The number of halogens is 1. The van der Waals surface area contributed by atoms with Crippen molar-refractivity contribution in [1.29, 1.82) is 0 Å². The van der Waals surface area contributed by atoms with Crippen molar-refractivity contribution >= 4 is 17.7 Å². The normalized spacial score (nSPS) is 12.3. The van der Waals surface area contributed by atoms with E-state index in [0.717, 1.165) is 11.1 Å². The molecule has 3 aromatic rings. The SMILES string of the molecule is CC(=O)N[C@H](Cc1ccccc1F)C(=O)N[C@@H](Cc1cccc(OCc2ccccc2)c1)C(N)=O. The summed E-state index contributed by atoms with van der Waals surface area (Å²) in [5.74, 6) is -1.71. The molecule has 0 unspecified atom stereocenters. The maximum absolute atomic E-state index is 14.1. The van der Waals surface area contributed by atoms with Crippen LogP contribution in [-0.2, 0) is 33.8 Å². The lowest BCUT2D eigenvalue weighted by atomic mass is 10.0. The number of hydrogen-bond acceptors (Lipinski definition) is 4. The van der Waals surface area contributed by atoms with Crippen molar-refractivity contribution in [2.75, 3.05) is 0 Å². The second kappa shape index (κ2) is 12.3. The molecule has 0 aliphatic carbocycles. The van der Waals surface area contributed by atoms with E-state index in [9.17, 15) is 18.8 Å². The van der Waals surface area contributed by atoms with Crippen molar-refractivity contribution in [1.82, 2.24) is 10.6 Å². The van der Waals surface area contributed by atoms with Gasteiger partial charge in [0.2, 0.25) is 17.7 Å². The van der Waals surface area contributed by atoms with Crippen molar-refractivity contribution in [2.24, 2.45) is 5.73 Å². The number of carbonyl (C=O) groups is 3. The van der Waals surface area contributed by atoms with Gasteiger partial charge in [0.15, 0.2) is 0 Å². The largest absolute Gasteiger partial charge is 0.489 e. The Kier molecular flexibility index (Phi) is 8.95. The Morgan fingerprint density at radius 1 is 0.857 bits per heavy atom. The van der Waals surface area contributed by atoms with Crippen molar-refractivity contribution in [3.8, 4) is 5.75 Å². The minimum atomic E-state index is -1.08. The molecule has 0 bridgehead atoms. The minimum Gasteiger partial charge on any atom is -0.489 e. The molecular formula is C27H28FN3O4. The highest BCUT2D eigenvalue weighted by atomic mass is 19.1. The molecule has 3 rings (SSSR count). The predicted molar refractivity (Wildman–Crippen MR) is 130 cm³/mol. The third-order valence-corrected chi connectivity index (χ3v) is 5.32. The van der Waals surface area contributed by atoms with Crippen molar-refractivity contribution < 1.29 is 23.5 Å². The molecule has 182 valence electrons. The number of amides is 3. The summed E-state index contributed by atoms with van der Waals surface area (Å²) in [5.41, 5.74) is 7.56. The van der Waals surface area contributed by atoms with Gasteiger partial charge in [0.25, 0.3) is 0 Å². The van der Waals surface area contributed by atoms with E-state index >= 15 is 0 Å². The quantitative estimate of drug-likeness (QED) is 0.394. The Labute approximate surface area is 203 Å². The zero-order valence-corrected chi connectivity index (χ0v) is 19.4. The molecule has 0 saturated heterocycles. The van der Waals surface area contributed by atoms with E-state index in [1.54, 1.807) is 30.3 Å². The van der Waals surface area contributed by atoms with Gasteiger partial charge in [-0.3, -0.25) is 14.4 Å². The van der Waals surface area contributed by atoms with Gasteiger partial charge in [-0.25, -0.2) is 4.39 Å². The molecular weight excluding hydrogens is 449 g/mol. The topological polar surface area (TPSA) is 111 Å². The fourth-order valence-corrected chi connectivity index (χ4v) is 3.57. The molecule has 0 aromatic heterocycles. The number of rotatable bonds is 11. The number of nitrogens with two attached hydrogens (primary N) is 1. The predicted octanol–water partition coefficient (Wildman–Crippen LogP) is 2.66. The van der Waals surface area contributed by atoms with E-state index in [0.29, 0.717) is 12.4 Å². The molecule has 0 heterocycles. The van der Waals surface area contributed by atoms with E-state index in [4.69, 9.17) is 10.5 Å². The lowest BCUT2D eigenvalue weighted by Crippen LogP contribution is -2.54. The highest BCUT2D eigenvalue weighted by molar-refractivity contribution is 5.91. The second-order valence-corrected chi connectivity index (χ2v) is 8.14. The third kappa shape index (κ3) is 7.96. The van der Waals surface area contributed by atoms with Gasteiger partial charge < -0.3 is 21.1 Å². The summed E-state index contributed by atoms with van der Waals surface area (Å²) >= 11 is 0. The van der Waals surface area contributed by atoms with Crippen LogP contribution in [0.25, 0.3) is 0 Å². The lowest BCUT2D eigenvalue weighted by molar-refractivity contribution is -0.130. The maximum Gasteiger partial charge on any atom is 0.243 e. The average molecular weight is 478 g/mol. The molecule has 4 N–H and O–H groups in total. The first-order chi connectivity index (χ1) is 16.8. The van der Waals surface area contributed by atoms with Gasteiger partial charge in [-0.05, 0) is 34.9 Å². The summed E-state index contributed by atoms with van der Waals surface area (Å²) in [5, 5.41) is 5.11. The molecule has 35 heavy (non-hydrogen) atoms. The Hall–Kier alpha value is -4.20. The number of carbonyl (C=O) groups excluding carboxylic acids is 3. The van der Waals surface area contributed by atoms with E-state index in [1.165, 1.54) is 25.1 Å². The second-order valence-electron chi connectivity index (χ2n) is 8.14. The molecule has 0 saturated carbocycles. The lowest BCUT2D eigenvalue weighted by Gasteiger charge is -2.22. The van der Waals surface area contributed by atoms with Gasteiger partial charge in [-0.2, -0.15) is 0 Å². The summed E-state index contributed by atoms with van der Waals surface area (Å²) in [6, 6.07) is 20.7. The van der Waals surface area contributed by atoms with Crippen LogP contribution in [0.2, 0.25) is 0 Å². The van der Waals surface area contributed by atoms with Crippen LogP contribution in [0.3, 0.4) is 0 Å². The standard InChI is InChI=1S/C27H28FN3O4/c1-18(32)30-25(16-21-11-5-6-13-23(21)28)27(34)31-24(26(29)33)15-20-10-7-12-22(14-20)35-17-19-8-3-2-4-9-19/h2-14,24-25H,15-17H2,1H3,(H2,29,33)(H,30,32)(H,31,34)/t24-,25+/m0/s1. The molecule has 0 radical (unpaired) electrons. The van der Waals surface area contributed by atoms with Gasteiger partial charge in [-0.15, -0.1) is 0 Å². The molecule has 2 atom stereocenters. The van der Waals surface area contributed by atoms with Gasteiger partial charge in [0.1, 0.15) is 30.3 Å². The van der Waals surface area contributed by atoms with Crippen molar-refractivity contribution in [2.45, 2.75) is 38.5 Å². The van der Waals surface area contributed by atoms with Crippen LogP contribution in [-0.4, -0.2) is 29.8 Å². The van der Waals surface area contributed by atoms with Crippen molar-refractivity contribution in [3.63, 3.8) is 0 Å². The van der Waals surface area contributed by atoms with Crippen LogP contribution in [0.1, 0.15) is 23.6 Å². The van der Waals surface area contributed by atoms with Gasteiger partial charge in [-0.1, -0.05) is 60.7 Å². The Morgan fingerprint density at radius 2 is 1.54 bits per heavy atom. The summed E-state index contributed by atoms with van der Waals surface area (Å²) < 4.78 is 19.9. The first kappa shape index (κ1) is 25.4. The monoisotopic (exact) mass is 477 g/mol. The molecule has 0 aliphatic heterocycles. The number of ether oxygens (including phenoxy) is 1. The number of benzene rings is 3. The molecule has 0 aliphatic rings. The van der Waals surface area contributed by atoms with Gasteiger partial charge in [0, 0.05) is 19.8 Å². The van der Waals surface area contributed by atoms with Crippen LogP contribution in [0, 0.1) is 5.82 Å². The highest BCUT2D eigenvalue weighted by Gasteiger charge is 2.26. The van der Waals surface area contributed by atoms with E-state index in [2.05, 4.69) is 10.6 Å². The molecule has 3 aromatic carbocycles. The summed E-state index contributed by atoms with van der Waals surface area (Å²) in [6.07, 6.45) is 0.0441. The smallest absolute Gasteiger partial charge is 0.243 e. The van der Waals surface area contributed by atoms with Gasteiger partial charge >= 0.3 is 0 Å². The number of primary amides is 1. The van der Waals surface area contributed by atoms with Crippen LogP contribution in [0.15, 0.2) is 78.9 Å². The molecule has 3 amide bonds. The van der Waals surface area contributed by atoms with Crippen LogP contribution in [0.5, 0.6) is 5.75 Å². The molecule has 0 spiro atoms. The summed E-state index contributed by atoms with van der Waals surface area (Å²) in [7, 11) is 0. The summed E-state index contributed by atoms with van der Waals surface area (Å²) in [4.78, 5) is 36.7. The number of hydrogen-bond donors (Lipinski definition) is 3. The Bertz CT molecular complexity index is 1170. The van der Waals surface area contributed by atoms with E-state index in [-0.39, 0.29) is 18.4 Å². The minimum absolute atomic E-state index is 0.0770. The molecule has 0 fully saturated rings. The zero-order chi connectivity index (χ0) is 25.2. The fourth-order valence-electron chi connectivity index (χ4n) is 3.57. The van der Waals surface area contributed by atoms with E-state index in [1.807, 2.05) is 30.3 Å². The maximum atomic E-state index is 14.1. The first-order valence-corrected chi connectivity index (χ1v) is 11.2. The molecule has 7 nitrogen and oxygen atoms in total. The Balaban J connectivity index is 1.68. The average Bonchev–Trinajstić information content (AvgIpc) is 2.84. The van der Waals surface area contributed by atoms with Crippen LogP contribution in [0.4, 0.5) is 4.39 Å². The van der Waals surface area contributed by atoms with Crippen LogP contribution < -0.4 is 21.1 Å². The fraction of sp³-hybridized carbons (Fsp3) is 0.222. The van der Waals surface area contributed by atoms with E-state index < -0.39 is 35.6 Å². The Morgan fingerprint density at radius 3 is 2.23 bits per heavy atom. The summed E-state index contributed by atoms with van der Waals surface area (Å²) in [6.45, 7) is 1.64. The van der Waals surface area contributed by atoms with Crippen LogP contribution >= 0.6 is 0 Å². The molecule has 8 heteroatoms. The van der Waals surface area contributed by atoms with Crippen molar-refractivity contribution in [3.05, 3.63) is 101 Å². The zero-order valence-electron chi connectivity index (χ0n) is 19.4. The third-order valence-electron chi connectivity index (χ3n) is 5.32. The van der Waals surface area contributed by atoms with Gasteiger partial charge in [0.05, 0.1) is 0 Å². The first-order valence-electron chi connectivity index (χ1n) is 11.2.